The molecule has 0 aromatic carbocycles. The molecule has 0 bridgehead atoms. The Labute approximate surface area is 161 Å². The average molecular weight is 389 g/mol. The highest BCUT2D eigenvalue weighted by atomic mass is 32.2. The summed E-state index contributed by atoms with van der Waals surface area (Å²) in [7, 11) is 0. The first-order chi connectivity index (χ1) is 13.0. The van der Waals surface area contributed by atoms with E-state index in [-0.39, 0.29) is 29.4 Å². The molecule has 1 saturated carbocycles. The second-order valence-corrected chi connectivity index (χ2v) is 7.29. The number of hydrogen-bond donors (Lipinski definition) is 2. The number of carbonyl (C=O) groups is 1. The van der Waals surface area contributed by atoms with Gasteiger partial charge in [0.05, 0.1) is 5.56 Å². The number of carbonyl (C=O) groups excluding carboxylic acids is 1. The van der Waals surface area contributed by atoms with Crippen LogP contribution in [0.4, 0.5) is 0 Å². The fourth-order valence-corrected chi connectivity index (χ4v) is 3.78. The summed E-state index contributed by atoms with van der Waals surface area (Å²) in [6, 6.07) is 0.0509. The minimum absolute atomic E-state index is 0.0509. The third-order valence-electron chi connectivity index (χ3n) is 4.86. The quantitative estimate of drug-likeness (QED) is 0.272. The van der Waals surface area contributed by atoms with Crippen molar-refractivity contribution in [2.24, 2.45) is 0 Å². The number of hydroxylamine groups is 1. The first-order valence-electron chi connectivity index (χ1n) is 8.98. The number of thioether (sulfide) groups is 1. The van der Waals surface area contributed by atoms with Gasteiger partial charge in [-0.25, -0.2) is 20.2 Å². The lowest BCUT2D eigenvalue weighted by Crippen LogP contribution is -2.37. The van der Waals surface area contributed by atoms with Gasteiger partial charge in [0.15, 0.2) is 11.0 Å². The van der Waals surface area contributed by atoms with E-state index in [1.165, 1.54) is 11.8 Å². The highest BCUT2D eigenvalue weighted by Gasteiger charge is 2.26. The summed E-state index contributed by atoms with van der Waals surface area (Å²) < 4.78 is 1.70. The van der Waals surface area contributed by atoms with Gasteiger partial charge < -0.3 is 4.84 Å². The fourth-order valence-electron chi connectivity index (χ4n) is 3.44. The smallest absolute Gasteiger partial charge is 0.331 e. The molecule has 1 aliphatic rings. The molecular formula is C18H23N5O3S. The Bertz CT molecular complexity index is 950. The number of nitrogens with one attached hydrogen (secondary N) is 2. The molecular weight excluding hydrogens is 366 g/mol. The molecule has 2 N–H and O–H groups in total. The lowest BCUT2D eigenvalue weighted by Gasteiger charge is -2.20. The normalized spacial score (nSPS) is 14.5. The monoisotopic (exact) mass is 389 g/mol. The molecule has 2 aromatic rings. The maximum Gasteiger partial charge on any atom is 0.331 e. The Kier molecular flexibility index (Phi) is 5.79. The molecule has 3 rings (SSSR count). The van der Waals surface area contributed by atoms with Crippen LogP contribution < -0.4 is 11.0 Å². The number of aryl methyl sites for hydroxylation is 1. The van der Waals surface area contributed by atoms with Crippen LogP contribution in [0, 0.1) is 12.3 Å². The maximum absolute atomic E-state index is 13.3. The Balaban J connectivity index is 2.18. The SMILES string of the molecule is CCC(=O)ONC(=N)c1c(C)c2cnc(SC)nc2n(C2CCCC2)c1=O. The van der Waals surface area contributed by atoms with Gasteiger partial charge in [-0.05, 0) is 31.6 Å². The lowest BCUT2D eigenvalue weighted by atomic mass is 10.1. The van der Waals surface area contributed by atoms with Crippen LogP contribution in [-0.4, -0.2) is 32.6 Å². The topological polar surface area (TPSA) is 110 Å². The highest BCUT2D eigenvalue weighted by Crippen LogP contribution is 2.31. The van der Waals surface area contributed by atoms with E-state index in [1.54, 1.807) is 24.6 Å². The van der Waals surface area contributed by atoms with Crippen molar-refractivity contribution in [2.45, 2.75) is 57.1 Å². The first kappa shape index (κ1) is 19.3. The number of pyridine rings is 1. The van der Waals surface area contributed by atoms with Crippen molar-refractivity contribution in [2.75, 3.05) is 6.26 Å². The molecule has 8 nitrogen and oxygen atoms in total. The van der Waals surface area contributed by atoms with E-state index in [0.29, 0.717) is 16.4 Å². The largest absolute Gasteiger partial charge is 0.342 e. The van der Waals surface area contributed by atoms with Gasteiger partial charge in [0.1, 0.15) is 5.65 Å². The highest BCUT2D eigenvalue weighted by molar-refractivity contribution is 7.98. The van der Waals surface area contributed by atoms with E-state index < -0.39 is 5.97 Å². The summed E-state index contributed by atoms with van der Waals surface area (Å²) in [5.41, 5.74) is 3.40. The maximum atomic E-state index is 13.3. The van der Waals surface area contributed by atoms with Gasteiger partial charge in [-0.1, -0.05) is 31.5 Å². The van der Waals surface area contributed by atoms with Gasteiger partial charge in [0.2, 0.25) is 0 Å². The van der Waals surface area contributed by atoms with Crippen LogP contribution in [-0.2, 0) is 9.63 Å². The zero-order chi connectivity index (χ0) is 19.6. The van der Waals surface area contributed by atoms with E-state index in [1.807, 2.05) is 6.26 Å². The first-order valence-corrected chi connectivity index (χ1v) is 10.2. The average Bonchev–Trinajstić information content (AvgIpc) is 3.20. The number of nitrogens with zero attached hydrogens (tertiary/aromatic N) is 3. The molecule has 0 radical (unpaired) electrons. The molecule has 0 saturated heterocycles. The summed E-state index contributed by atoms with van der Waals surface area (Å²) in [6.45, 7) is 3.42. The van der Waals surface area contributed by atoms with Crippen molar-refractivity contribution in [1.82, 2.24) is 20.0 Å². The van der Waals surface area contributed by atoms with Gasteiger partial charge in [0.25, 0.3) is 5.56 Å². The molecule has 0 amide bonds. The van der Waals surface area contributed by atoms with Gasteiger partial charge in [0, 0.05) is 24.0 Å². The van der Waals surface area contributed by atoms with Crippen LogP contribution in [0.1, 0.15) is 56.2 Å². The number of fused-ring (bicyclic) bond motifs is 1. The predicted molar refractivity (Wildman–Crippen MR) is 104 cm³/mol. The third-order valence-corrected chi connectivity index (χ3v) is 5.43. The van der Waals surface area contributed by atoms with Crippen molar-refractivity contribution >= 4 is 34.6 Å². The van der Waals surface area contributed by atoms with Crippen LogP contribution in [0.25, 0.3) is 11.0 Å². The second-order valence-electron chi connectivity index (χ2n) is 6.51. The van der Waals surface area contributed by atoms with E-state index in [0.717, 1.165) is 31.1 Å². The van der Waals surface area contributed by atoms with E-state index in [2.05, 4.69) is 15.4 Å². The van der Waals surface area contributed by atoms with Crippen LogP contribution >= 0.6 is 11.8 Å². The van der Waals surface area contributed by atoms with E-state index in [4.69, 9.17) is 10.2 Å². The Morgan fingerprint density at radius 1 is 1.44 bits per heavy atom. The van der Waals surface area contributed by atoms with Gasteiger partial charge >= 0.3 is 5.97 Å². The van der Waals surface area contributed by atoms with Crippen LogP contribution in [0.3, 0.4) is 0 Å². The fraction of sp³-hybridized carbons (Fsp3) is 0.500. The van der Waals surface area contributed by atoms with Gasteiger partial charge in [-0.15, -0.1) is 0 Å². The summed E-state index contributed by atoms with van der Waals surface area (Å²) >= 11 is 1.42. The molecule has 1 aliphatic carbocycles. The molecule has 9 heteroatoms. The molecule has 144 valence electrons. The summed E-state index contributed by atoms with van der Waals surface area (Å²) in [5.74, 6) is -0.732. The number of hydrogen-bond acceptors (Lipinski definition) is 7. The van der Waals surface area contributed by atoms with Crippen molar-refractivity contribution < 1.29 is 9.63 Å². The molecule has 0 atom stereocenters. The van der Waals surface area contributed by atoms with E-state index in [9.17, 15) is 9.59 Å². The summed E-state index contributed by atoms with van der Waals surface area (Å²) in [5, 5.41) is 9.58. The minimum atomic E-state index is -0.498. The zero-order valence-electron chi connectivity index (χ0n) is 15.7. The van der Waals surface area contributed by atoms with Crippen LogP contribution in [0.5, 0.6) is 0 Å². The predicted octanol–water partition coefficient (Wildman–Crippen LogP) is 2.72. The third kappa shape index (κ3) is 3.69. The summed E-state index contributed by atoms with van der Waals surface area (Å²) in [4.78, 5) is 38.5. The second kappa shape index (κ2) is 8.08. The van der Waals surface area contributed by atoms with Crippen LogP contribution in [0.15, 0.2) is 16.1 Å². The number of aromatic nitrogens is 3. The van der Waals surface area contributed by atoms with Crippen molar-refractivity contribution in [1.29, 1.82) is 5.41 Å². The number of amidine groups is 1. The Hall–Kier alpha value is -2.42. The molecule has 1 fully saturated rings. The van der Waals surface area contributed by atoms with E-state index >= 15 is 0 Å². The number of rotatable bonds is 4. The zero-order valence-corrected chi connectivity index (χ0v) is 16.5. The standard InChI is InChI=1S/C18H23N5O3S/c1-4-13(24)26-22-15(19)14-10(2)12-9-20-18(27-3)21-16(12)23(17(14)25)11-7-5-6-8-11/h9,11H,4-8H2,1-3H3,(H2,19,22). The summed E-state index contributed by atoms with van der Waals surface area (Å²) in [6.07, 6.45) is 7.70. The lowest BCUT2D eigenvalue weighted by molar-refractivity contribution is -0.147. The van der Waals surface area contributed by atoms with Crippen molar-refractivity contribution in [3.8, 4) is 0 Å². The molecule has 0 spiro atoms. The van der Waals surface area contributed by atoms with Crippen LogP contribution in [0.2, 0.25) is 0 Å². The Morgan fingerprint density at radius 3 is 2.78 bits per heavy atom. The van der Waals surface area contributed by atoms with Crippen molar-refractivity contribution in [3.05, 3.63) is 27.7 Å². The van der Waals surface area contributed by atoms with Gasteiger partial charge in [-0.2, -0.15) is 0 Å². The minimum Gasteiger partial charge on any atom is -0.342 e. The van der Waals surface area contributed by atoms with Gasteiger partial charge in [-0.3, -0.25) is 14.8 Å². The molecule has 2 aromatic heterocycles. The molecule has 27 heavy (non-hydrogen) atoms. The molecule has 0 aliphatic heterocycles. The van der Waals surface area contributed by atoms with Crippen molar-refractivity contribution in [3.63, 3.8) is 0 Å². The molecule has 0 unspecified atom stereocenters. The Morgan fingerprint density at radius 2 is 2.15 bits per heavy atom. The molecule has 2 heterocycles.